The molecule has 0 bridgehead atoms. The zero-order valence-corrected chi connectivity index (χ0v) is 13.7. The first-order valence-corrected chi connectivity index (χ1v) is 8.19. The Kier molecular flexibility index (Phi) is 4.00. The van der Waals surface area contributed by atoms with Crippen molar-refractivity contribution in [2.24, 2.45) is 0 Å². The van der Waals surface area contributed by atoms with E-state index in [1.807, 2.05) is 29.6 Å². The van der Waals surface area contributed by atoms with E-state index in [0.29, 0.717) is 16.0 Å². The van der Waals surface area contributed by atoms with Gasteiger partial charge >= 0.3 is 5.97 Å². The second-order valence-electron chi connectivity index (χ2n) is 5.32. The molecule has 1 N–H and O–H groups in total. The van der Waals surface area contributed by atoms with Crippen molar-refractivity contribution in [1.29, 1.82) is 0 Å². The maximum Gasteiger partial charge on any atom is 0.323 e. The van der Waals surface area contributed by atoms with Crippen LogP contribution < -0.4 is 5.56 Å². The number of hydrogen-bond donors (Lipinski definition) is 1. The number of carboxylic acid groups (broad SMARTS) is 1. The van der Waals surface area contributed by atoms with E-state index in [4.69, 9.17) is 5.11 Å². The maximum absolute atomic E-state index is 12.7. The normalized spacial score (nSPS) is 11.0. The third-order valence-corrected chi connectivity index (χ3v) is 4.72. The highest BCUT2D eigenvalue weighted by atomic mass is 32.1. The van der Waals surface area contributed by atoms with Gasteiger partial charge in [-0.15, -0.1) is 11.3 Å². The highest BCUT2D eigenvalue weighted by Crippen LogP contribution is 2.31. The van der Waals surface area contributed by atoms with E-state index < -0.39 is 5.97 Å². The number of hydrogen-bond acceptors (Lipinski definition) is 4. The van der Waals surface area contributed by atoms with Crippen molar-refractivity contribution >= 4 is 27.5 Å². The summed E-state index contributed by atoms with van der Waals surface area (Å²) in [7, 11) is 0. The molecule has 2 heterocycles. The molecule has 3 rings (SSSR count). The van der Waals surface area contributed by atoms with Crippen molar-refractivity contribution in [2.45, 2.75) is 26.8 Å². The summed E-state index contributed by atoms with van der Waals surface area (Å²) < 4.78 is 1.21. The minimum atomic E-state index is -1.06. The molecule has 0 aliphatic rings. The van der Waals surface area contributed by atoms with E-state index in [2.05, 4.69) is 11.9 Å². The van der Waals surface area contributed by atoms with Crippen LogP contribution in [0.1, 0.15) is 18.3 Å². The standard InChI is InChI=1S/C17H16N2O3S/c1-3-11-4-6-12(7-5-11)13-9-23-16-15(13)17(22)19(8-14(20)21)10(2)18-16/h4-7,9H,3,8H2,1-2H3,(H,20,21). The molecule has 0 saturated carbocycles. The van der Waals surface area contributed by atoms with Crippen LogP contribution in [-0.4, -0.2) is 20.6 Å². The van der Waals surface area contributed by atoms with Crippen LogP contribution in [0.2, 0.25) is 0 Å². The zero-order chi connectivity index (χ0) is 16.6. The Morgan fingerprint density at radius 3 is 2.61 bits per heavy atom. The summed E-state index contributed by atoms with van der Waals surface area (Å²) in [5.74, 6) is -0.639. The van der Waals surface area contributed by atoms with Gasteiger partial charge in [-0.3, -0.25) is 14.2 Å². The van der Waals surface area contributed by atoms with Crippen LogP contribution in [0.5, 0.6) is 0 Å². The van der Waals surface area contributed by atoms with Crippen LogP contribution in [0.25, 0.3) is 21.3 Å². The number of carbonyl (C=O) groups is 1. The number of nitrogens with zero attached hydrogens (tertiary/aromatic N) is 2. The lowest BCUT2D eigenvalue weighted by atomic mass is 10.0. The predicted molar refractivity (Wildman–Crippen MR) is 91.1 cm³/mol. The van der Waals surface area contributed by atoms with Gasteiger partial charge in [-0.2, -0.15) is 0 Å². The maximum atomic E-state index is 12.7. The Morgan fingerprint density at radius 1 is 1.30 bits per heavy atom. The number of aryl methyl sites for hydroxylation is 2. The molecule has 6 heteroatoms. The van der Waals surface area contributed by atoms with Gasteiger partial charge in [0.15, 0.2) is 0 Å². The van der Waals surface area contributed by atoms with Crippen LogP contribution in [-0.2, 0) is 17.8 Å². The molecule has 0 amide bonds. The summed E-state index contributed by atoms with van der Waals surface area (Å²) in [6.45, 7) is 3.36. The van der Waals surface area contributed by atoms with Crippen molar-refractivity contribution in [3.8, 4) is 11.1 Å². The minimum Gasteiger partial charge on any atom is -0.480 e. The molecule has 118 valence electrons. The molecule has 0 saturated heterocycles. The summed E-state index contributed by atoms with van der Waals surface area (Å²) >= 11 is 1.40. The van der Waals surface area contributed by atoms with Gasteiger partial charge in [-0.1, -0.05) is 31.2 Å². The van der Waals surface area contributed by atoms with Gasteiger partial charge in [0.1, 0.15) is 17.2 Å². The van der Waals surface area contributed by atoms with Gasteiger partial charge in [0.25, 0.3) is 5.56 Å². The second kappa shape index (κ2) is 5.96. The van der Waals surface area contributed by atoms with E-state index >= 15 is 0 Å². The number of benzene rings is 1. The summed E-state index contributed by atoms with van der Waals surface area (Å²) in [6, 6.07) is 8.05. The lowest BCUT2D eigenvalue weighted by Crippen LogP contribution is -2.27. The molecule has 0 radical (unpaired) electrons. The van der Waals surface area contributed by atoms with Crippen LogP contribution in [0.3, 0.4) is 0 Å². The summed E-state index contributed by atoms with van der Waals surface area (Å²) in [4.78, 5) is 28.7. The molecule has 5 nitrogen and oxygen atoms in total. The highest BCUT2D eigenvalue weighted by molar-refractivity contribution is 7.17. The zero-order valence-electron chi connectivity index (χ0n) is 12.9. The lowest BCUT2D eigenvalue weighted by Gasteiger charge is -2.07. The van der Waals surface area contributed by atoms with Gasteiger partial charge in [0.2, 0.25) is 0 Å². The molecule has 1 aromatic carbocycles. The summed E-state index contributed by atoms with van der Waals surface area (Å²) in [6.07, 6.45) is 0.955. The molecule has 23 heavy (non-hydrogen) atoms. The van der Waals surface area contributed by atoms with Crippen molar-refractivity contribution in [2.75, 3.05) is 0 Å². The van der Waals surface area contributed by atoms with Crippen LogP contribution in [0.15, 0.2) is 34.4 Å². The summed E-state index contributed by atoms with van der Waals surface area (Å²) in [5.41, 5.74) is 2.68. The Balaban J connectivity index is 2.22. The van der Waals surface area contributed by atoms with Crippen molar-refractivity contribution < 1.29 is 9.90 Å². The molecule has 0 aliphatic heterocycles. The average Bonchev–Trinajstić information content (AvgIpc) is 2.95. The Bertz CT molecular complexity index is 939. The molecule has 3 aromatic rings. The Labute approximate surface area is 136 Å². The fourth-order valence-electron chi connectivity index (χ4n) is 2.58. The largest absolute Gasteiger partial charge is 0.480 e. The number of thiophene rings is 1. The number of aliphatic carboxylic acids is 1. The quantitative estimate of drug-likeness (QED) is 0.799. The first-order chi connectivity index (χ1) is 11.0. The monoisotopic (exact) mass is 328 g/mol. The molecular weight excluding hydrogens is 312 g/mol. The van der Waals surface area contributed by atoms with E-state index in [-0.39, 0.29) is 12.1 Å². The fraction of sp³-hybridized carbons (Fsp3) is 0.235. The fourth-order valence-corrected chi connectivity index (χ4v) is 3.56. The van der Waals surface area contributed by atoms with Gasteiger partial charge in [0.05, 0.1) is 5.39 Å². The van der Waals surface area contributed by atoms with Gasteiger partial charge in [-0.25, -0.2) is 4.98 Å². The van der Waals surface area contributed by atoms with E-state index in [0.717, 1.165) is 17.5 Å². The topological polar surface area (TPSA) is 72.2 Å². The van der Waals surface area contributed by atoms with E-state index in [9.17, 15) is 9.59 Å². The summed E-state index contributed by atoms with van der Waals surface area (Å²) in [5, 5.41) is 11.4. The number of fused-ring (bicyclic) bond motifs is 1. The SMILES string of the molecule is CCc1ccc(-c2csc3nc(C)n(CC(=O)O)c(=O)c23)cc1. The van der Waals surface area contributed by atoms with E-state index in [1.165, 1.54) is 21.5 Å². The van der Waals surface area contributed by atoms with Crippen LogP contribution in [0, 0.1) is 6.92 Å². The van der Waals surface area contributed by atoms with Crippen molar-refractivity contribution in [3.05, 3.63) is 51.4 Å². The molecule has 0 unspecified atom stereocenters. The second-order valence-corrected chi connectivity index (χ2v) is 6.18. The predicted octanol–water partition coefficient (Wildman–Crippen LogP) is 3.08. The molecular formula is C17H16N2O3S. The lowest BCUT2D eigenvalue weighted by molar-refractivity contribution is -0.137. The molecule has 0 aliphatic carbocycles. The molecule has 0 atom stereocenters. The van der Waals surface area contributed by atoms with Gasteiger partial charge in [-0.05, 0) is 24.5 Å². The Morgan fingerprint density at radius 2 is 2.00 bits per heavy atom. The first-order valence-electron chi connectivity index (χ1n) is 7.31. The third-order valence-electron chi connectivity index (χ3n) is 3.85. The number of rotatable bonds is 4. The Hall–Kier alpha value is -2.47. The van der Waals surface area contributed by atoms with E-state index in [1.54, 1.807) is 6.92 Å². The van der Waals surface area contributed by atoms with Crippen molar-refractivity contribution in [1.82, 2.24) is 9.55 Å². The third kappa shape index (κ3) is 2.77. The highest BCUT2D eigenvalue weighted by Gasteiger charge is 2.16. The number of carboxylic acids is 1. The van der Waals surface area contributed by atoms with Crippen LogP contribution >= 0.6 is 11.3 Å². The number of aromatic nitrogens is 2. The first kappa shape index (κ1) is 15.4. The van der Waals surface area contributed by atoms with Gasteiger partial charge in [0, 0.05) is 10.9 Å². The minimum absolute atomic E-state index is 0.300. The molecule has 0 spiro atoms. The van der Waals surface area contributed by atoms with Gasteiger partial charge < -0.3 is 5.11 Å². The molecule has 0 fully saturated rings. The average molecular weight is 328 g/mol. The van der Waals surface area contributed by atoms with Crippen molar-refractivity contribution in [3.63, 3.8) is 0 Å². The molecule has 2 aromatic heterocycles. The smallest absolute Gasteiger partial charge is 0.323 e. The van der Waals surface area contributed by atoms with Crippen LogP contribution in [0.4, 0.5) is 0 Å².